The molecule has 0 atom stereocenters. The van der Waals surface area contributed by atoms with Crippen LogP contribution in [0.5, 0.6) is 0 Å². The number of hydrogen-bond donors (Lipinski definition) is 0. The molecule has 0 aromatic heterocycles. The first-order chi connectivity index (χ1) is 8.06. The minimum Gasteiger partial charge on any atom is -0.726 e. The second kappa shape index (κ2) is 16.5. The van der Waals surface area contributed by atoms with Crippen molar-refractivity contribution in [3.63, 3.8) is 0 Å². The number of hydrogen-bond acceptors (Lipinski definition) is 4. The predicted molar refractivity (Wildman–Crippen MR) is 71.1 cm³/mol. The largest absolute Gasteiger partial charge is 1.00 e. The molecule has 0 aliphatic heterocycles. The van der Waals surface area contributed by atoms with Crippen molar-refractivity contribution in [1.82, 2.24) is 0 Å². The zero-order valence-electron chi connectivity index (χ0n) is 12.3. The number of rotatable bonds is 12. The van der Waals surface area contributed by atoms with Gasteiger partial charge in [0.05, 0.1) is 6.61 Å². The van der Waals surface area contributed by atoms with E-state index in [1.165, 1.54) is 44.9 Å². The van der Waals surface area contributed by atoms with Crippen molar-refractivity contribution in [2.75, 3.05) is 6.61 Å². The second-order valence-corrected chi connectivity index (χ2v) is 5.46. The quantitative estimate of drug-likeness (QED) is 0.211. The monoisotopic (exact) mass is 290 g/mol. The summed E-state index contributed by atoms with van der Waals surface area (Å²) < 4.78 is 34.5. The molecule has 0 bridgehead atoms. The summed E-state index contributed by atoms with van der Waals surface area (Å²) in [4.78, 5) is 0. The van der Waals surface area contributed by atoms with Gasteiger partial charge in [-0.3, -0.25) is 4.18 Å². The summed E-state index contributed by atoms with van der Waals surface area (Å²) >= 11 is 0. The standard InChI is InChI=1S/C12H26O4S.Li.H2O/c1-2-3-4-5-6-7-8-9-10-11-12-16-17(13,14)15;;/h2-12H2,1H3,(H,13,14,15);;1H2/q;+1;/p-1. The Balaban J connectivity index is -0.00000128. The smallest absolute Gasteiger partial charge is 0.726 e. The summed E-state index contributed by atoms with van der Waals surface area (Å²) in [6.45, 7) is 2.24. The van der Waals surface area contributed by atoms with Crippen LogP contribution in [0, 0.1) is 0 Å². The maximum Gasteiger partial charge on any atom is 1.00 e. The molecule has 0 rings (SSSR count). The molecule has 5 nitrogen and oxygen atoms in total. The van der Waals surface area contributed by atoms with Gasteiger partial charge in [0.1, 0.15) is 0 Å². The third kappa shape index (κ3) is 23.9. The van der Waals surface area contributed by atoms with Crippen molar-refractivity contribution in [3.05, 3.63) is 0 Å². The normalized spacial score (nSPS) is 10.6. The second-order valence-electron chi connectivity index (χ2n) is 4.41. The van der Waals surface area contributed by atoms with Crippen LogP contribution in [0.25, 0.3) is 0 Å². The van der Waals surface area contributed by atoms with E-state index in [1.807, 2.05) is 0 Å². The van der Waals surface area contributed by atoms with Gasteiger partial charge in [-0.15, -0.1) is 0 Å². The van der Waals surface area contributed by atoms with Crippen LogP contribution in [0.1, 0.15) is 71.1 Å². The Hall–Kier alpha value is 0.427. The maximum atomic E-state index is 10.1. The summed E-state index contributed by atoms with van der Waals surface area (Å²) in [5.74, 6) is 0. The van der Waals surface area contributed by atoms with E-state index in [0.29, 0.717) is 6.42 Å². The van der Waals surface area contributed by atoms with Crippen LogP contribution in [-0.4, -0.2) is 25.1 Å². The van der Waals surface area contributed by atoms with Gasteiger partial charge in [0.25, 0.3) is 0 Å². The van der Waals surface area contributed by atoms with Gasteiger partial charge >= 0.3 is 18.9 Å². The van der Waals surface area contributed by atoms with Crippen LogP contribution in [-0.2, 0) is 14.6 Å². The van der Waals surface area contributed by atoms with Gasteiger partial charge in [-0.25, -0.2) is 8.42 Å². The molecule has 0 heterocycles. The topological polar surface area (TPSA) is 97.9 Å². The van der Waals surface area contributed by atoms with Crippen molar-refractivity contribution in [2.24, 2.45) is 0 Å². The minimum absolute atomic E-state index is 0. The van der Waals surface area contributed by atoms with Crippen molar-refractivity contribution < 1.29 is 41.5 Å². The fourth-order valence-corrected chi connectivity index (χ4v) is 2.07. The van der Waals surface area contributed by atoms with Gasteiger partial charge in [0.2, 0.25) is 10.4 Å². The molecule has 0 aromatic carbocycles. The van der Waals surface area contributed by atoms with Crippen LogP contribution in [0.3, 0.4) is 0 Å². The zero-order valence-corrected chi connectivity index (χ0v) is 13.1. The molecule has 0 radical (unpaired) electrons. The van der Waals surface area contributed by atoms with Crippen LogP contribution in [0.2, 0.25) is 0 Å². The van der Waals surface area contributed by atoms with E-state index < -0.39 is 10.4 Å². The van der Waals surface area contributed by atoms with Crippen molar-refractivity contribution in [3.8, 4) is 0 Å². The Morgan fingerprint density at radius 2 is 1.21 bits per heavy atom. The van der Waals surface area contributed by atoms with Gasteiger partial charge in [-0.1, -0.05) is 64.7 Å². The Labute approximate surface area is 129 Å². The van der Waals surface area contributed by atoms with E-state index in [1.54, 1.807) is 0 Å². The average Bonchev–Trinajstić information content (AvgIpc) is 2.24. The molecule has 0 spiro atoms. The molecule has 0 saturated heterocycles. The molecule has 0 aliphatic rings. The zero-order chi connectivity index (χ0) is 13.0. The van der Waals surface area contributed by atoms with Gasteiger partial charge in [0, 0.05) is 0 Å². The van der Waals surface area contributed by atoms with Crippen LogP contribution in [0.4, 0.5) is 0 Å². The predicted octanol–water partition coefficient (Wildman–Crippen LogP) is -0.437. The molecule has 0 aliphatic carbocycles. The fourth-order valence-electron chi connectivity index (χ4n) is 1.75. The Morgan fingerprint density at radius 3 is 1.58 bits per heavy atom. The molecule has 0 aromatic rings. The van der Waals surface area contributed by atoms with E-state index in [2.05, 4.69) is 11.1 Å². The first-order valence-corrected chi connectivity index (χ1v) is 8.00. The third-order valence-electron chi connectivity index (χ3n) is 2.73. The Bertz CT molecular complexity index is 257. The molecule has 7 heteroatoms. The van der Waals surface area contributed by atoms with E-state index in [-0.39, 0.29) is 30.9 Å². The molecule has 112 valence electrons. The average molecular weight is 290 g/mol. The van der Waals surface area contributed by atoms with Gasteiger partial charge in [-0.05, 0) is 6.42 Å². The maximum absolute atomic E-state index is 10.1. The first kappa shape index (κ1) is 24.4. The molecule has 0 fully saturated rings. The van der Waals surface area contributed by atoms with E-state index in [4.69, 9.17) is 0 Å². The van der Waals surface area contributed by atoms with Crippen molar-refractivity contribution in [2.45, 2.75) is 71.1 Å². The van der Waals surface area contributed by atoms with Crippen molar-refractivity contribution >= 4 is 10.4 Å². The third-order valence-corrected chi connectivity index (χ3v) is 3.18. The van der Waals surface area contributed by atoms with E-state index >= 15 is 0 Å². The SMILES string of the molecule is CCCCCCCCCCCCOS(=O)(=O)[O-].O.[Li+]. The first-order valence-electron chi connectivity index (χ1n) is 6.66. The fraction of sp³-hybridized carbons (Fsp3) is 1.00. The Morgan fingerprint density at radius 1 is 0.842 bits per heavy atom. The van der Waals surface area contributed by atoms with Crippen LogP contribution >= 0.6 is 0 Å². The molecular weight excluding hydrogens is 263 g/mol. The number of unbranched alkanes of at least 4 members (excludes halogenated alkanes) is 9. The van der Waals surface area contributed by atoms with Gasteiger partial charge in [-0.2, -0.15) is 0 Å². The molecule has 0 amide bonds. The van der Waals surface area contributed by atoms with E-state index in [0.717, 1.165) is 12.8 Å². The van der Waals surface area contributed by atoms with Crippen molar-refractivity contribution in [1.29, 1.82) is 0 Å². The summed E-state index contributed by atoms with van der Waals surface area (Å²) in [5.41, 5.74) is 0. The van der Waals surface area contributed by atoms with Crippen LogP contribution in [0.15, 0.2) is 0 Å². The molecule has 0 unspecified atom stereocenters. The molecule has 2 N–H and O–H groups in total. The molecule has 19 heavy (non-hydrogen) atoms. The minimum atomic E-state index is -4.48. The molecular formula is C12H27LiO5S. The summed E-state index contributed by atoms with van der Waals surface area (Å²) in [6.07, 6.45) is 11.7. The van der Waals surface area contributed by atoms with Crippen LogP contribution < -0.4 is 18.9 Å². The Kier molecular flexibility index (Phi) is 21.2. The van der Waals surface area contributed by atoms with Gasteiger partial charge in [0.15, 0.2) is 0 Å². The summed E-state index contributed by atoms with van der Waals surface area (Å²) in [6, 6.07) is 0. The van der Waals surface area contributed by atoms with E-state index in [9.17, 15) is 13.0 Å². The summed E-state index contributed by atoms with van der Waals surface area (Å²) in [7, 11) is -4.48. The summed E-state index contributed by atoms with van der Waals surface area (Å²) in [5, 5.41) is 0. The van der Waals surface area contributed by atoms with Gasteiger partial charge < -0.3 is 10.0 Å². The molecule has 0 saturated carbocycles.